The van der Waals surface area contributed by atoms with Gasteiger partial charge in [-0.15, -0.1) is 5.10 Å². The van der Waals surface area contributed by atoms with Crippen molar-refractivity contribution >= 4 is 5.97 Å². The van der Waals surface area contributed by atoms with Gasteiger partial charge in [-0.2, -0.15) is 4.68 Å². The Morgan fingerprint density at radius 1 is 1.39 bits per heavy atom. The molecule has 0 saturated heterocycles. The molecule has 1 atom stereocenters. The zero-order valence-corrected chi connectivity index (χ0v) is 10.2. The van der Waals surface area contributed by atoms with Gasteiger partial charge in [0.1, 0.15) is 0 Å². The quantitative estimate of drug-likeness (QED) is 0.877. The number of hydrogen-bond donors (Lipinski definition) is 1. The van der Waals surface area contributed by atoms with Gasteiger partial charge in [0, 0.05) is 0 Å². The lowest BCUT2D eigenvalue weighted by Gasteiger charge is -2.07. The Hall–Kier alpha value is -2.24. The largest absolute Gasteiger partial charge is 0.481 e. The molecule has 0 aliphatic carbocycles. The highest BCUT2D eigenvalue weighted by atomic mass is 16.4. The monoisotopic (exact) mass is 246 g/mol. The molecule has 0 saturated carbocycles. The summed E-state index contributed by atoms with van der Waals surface area (Å²) in [5.41, 5.74) is 1.85. The maximum atomic E-state index is 10.8. The van der Waals surface area contributed by atoms with Crippen molar-refractivity contribution in [3.8, 4) is 5.69 Å². The summed E-state index contributed by atoms with van der Waals surface area (Å²) in [7, 11) is 0. The highest BCUT2D eigenvalue weighted by molar-refractivity contribution is 5.69. The smallest absolute Gasteiger partial charge is 0.306 e. The molecule has 0 bridgehead atoms. The molecular formula is C12H14N4O2. The number of tetrazole rings is 1. The standard InChI is InChI=1S/C12H14N4O2/c1-8(12(17)18)7-10-3-5-11(6-4-10)16-9(2)13-14-15-16/h3-6,8H,7H2,1-2H3,(H,17,18). The molecule has 0 fully saturated rings. The molecule has 0 amide bonds. The van der Waals surface area contributed by atoms with E-state index in [-0.39, 0.29) is 5.92 Å². The first kappa shape index (κ1) is 12.2. The molecule has 18 heavy (non-hydrogen) atoms. The van der Waals surface area contributed by atoms with Gasteiger partial charge in [0.2, 0.25) is 0 Å². The topological polar surface area (TPSA) is 80.9 Å². The van der Waals surface area contributed by atoms with E-state index in [0.29, 0.717) is 12.2 Å². The number of carbonyl (C=O) groups is 1. The number of aliphatic carboxylic acids is 1. The maximum Gasteiger partial charge on any atom is 0.306 e. The second-order valence-electron chi connectivity index (χ2n) is 4.25. The molecule has 1 aromatic carbocycles. The van der Waals surface area contributed by atoms with Gasteiger partial charge >= 0.3 is 5.97 Å². The highest BCUT2D eigenvalue weighted by Gasteiger charge is 2.11. The maximum absolute atomic E-state index is 10.8. The average molecular weight is 246 g/mol. The van der Waals surface area contributed by atoms with Crippen molar-refractivity contribution in [3.63, 3.8) is 0 Å². The van der Waals surface area contributed by atoms with Crippen LogP contribution in [0.15, 0.2) is 24.3 Å². The van der Waals surface area contributed by atoms with Gasteiger partial charge in [-0.05, 0) is 41.5 Å². The highest BCUT2D eigenvalue weighted by Crippen LogP contribution is 2.13. The Morgan fingerprint density at radius 2 is 2.06 bits per heavy atom. The Bertz CT molecular complexity index is 547. The van der Waals surface area contributed by atoms with E-state index in [9.17, 15) is 4.79 Å². The van der Waals surface area contributed by atoms with Gasteiger partial charge in [-0.25, -0.2) is 0 Å². The number of aromatic nitrogens is 4. The van der Waals surface area contributed by atoms with E-state index < -0.39 is 5.97 Å². The fraction of sp³-hybridized carbons (Fsp3) is 0.333. The van der Waals surface area contributed by atoms with E-state index in [4.69, 9.17) is 5.11 Å². The fourth-order valence-corrected chi connectivity index (χ4v) is 1.68. The number of aryl methyl sites for hydroxylation is 1. The third-order valence-corrected chi connectivity index (χ3v) is 2.77. The summed E-state index contributed by atoms with van der Waals surface area (Å²) in [4.78, 5) is 10.8. The van der Waals surface area contributed by atoms with Crippen molar-refractivity contribution in [2.45, 2.75) is 20.3 Å². The van der Waals surface area contributed by atoms with E-state index in [1.54, 1.807) is 11.6 Å². The van der Waals surface area contributed by atoms with E-state index in [2.05, 4.69) is 15.5 Å². The zero-order chi connectivity index (χ0) is 13.1. The van der Waals surface area contributed by atoms with Crippen LogP contribution in [0.2, 0.25) is 0 Å². The van der Waals surface area contributed by atoms with E-state index in [1.807, 2.05) is 31.2 Å². The molecule has 6 nitrogen and oxygen atoms in total. The van der Waals surface area contributed by atoms with Crippen LogP contribution in [0.5, 0.6) is 0 Å². The average Bonchev–Trinajstić information content (AvgIpc) is 2.76. The lowest BCUT2D eigenvalue weighted by molar-refractivity contribution is -0.141. The summed E-state index contributed by atoms with van der Waals surface area (Å²) in [6, 6.07) is 7.56. The van der Waals surface area contributed by atoms with Crippen molar-refractivity contribution in [1.29, 1.82) is 0 Å². The van der Waals surface area contributed by atoms with E-state index >= 15 is 0 Å². The molecule has 0 aliphatic heterocycles. The second kappa shape index (κ2) is 4.95. The van der Waals surface area contributed by atoms with Crippen LogP contribution in [0.3, 0.4) is 0 Å². The van der Waals surface area contributed by atoms with Crippen molar-refractivity contribution in [1.82, 2.24) is 20.2 Å². The van der Waals surface area contributed by atoms with Gasteiger partial charge < -0.3 is 5.11 Å². The van der Waals surface area contributed by atoms with Crippen LogP contribution in [0.4, 0.5) is 0 Å². The number of rotatable bonds is 4. The predicted molar refractivity (Wildman–Crippen MR) is 64.4 cm³/mol. The summed E-state index contributed by atoms with van der Waals surface area (Å²) >= 11 is 0. The Balaban J connectivity index is 2.16. The molecule has 1 N–H and O–H groups in total. The summed E-state index contributed by atoms with van der Waals surface area (Å²) in [5.74, 6) is -0.456. The van der Waals surface area contributed by atoms with Gasteiger partial charge in [0.25, 0.3) is 0 Å². The first-order valence-electron chi connectivity index (χ1n) is 5.65. The minimum atomic E-state index is -0.782. The molecule has 6 heteroatoms. The lowest BCUT2D eigenvalue weighted by Crippen LogP contribution is -2.12. The molecule has 94 valence electrons. The minimum absolute atomic E-state index is 0.384. The van der Waals surface area contributed by atoms with Crippen LogP contribution in [0, 0.1) is 12.8 Å². The molecule has 1 unspecified atom stereocenters. The van der Waals surface area contributed by atoms with E-state index in [0.717, 1.165) is 11.3 Å². The van der Waals surface area contributed by atoms with Crippen LogP contribution in [-0.2, 0) is 11.2 Å². The van der Waals surface area contributed by atoms with Crippen LogP contribution in [-0.4, -0.2) is 31.3 Å². The molecule has 1 heterocycles. The number of carboxylic acids is 1. The number of hydrogen-bond acceptors (Lipinski definition) is 4. The number of nitrogens with zero attached hydrogens (tertiary/aromatic N) is 4. The van der Waals surface area contributed by atoms with Crippen LogP contribution in [0.25, 0.3) is 5.69 Å². The summed E-state index contributed by atoms with van der Waals surface area (Å²) in [5, 5.41) is 20.1. The lowest BCUT2D eigenvalue weighted by atomic mass is 10.0. The Morgan fingerprint density at radius 3 is 2.56 bits per heavy atom. The summed E-state index contributed by atoms with van der Waals surface area (Å²) < 4.78 is 1.63. The number of benzene rings is 1. The fourth-order valence-electron chi connectivity index (χ4n) is 1.68. The van der Waals surface area contributed by atoms with Crippen molar-refractivity contribution in [2.75, 3.05) is 0 Å². The molecule has 0 aliphatic rings. The minimum Gasteiger partial charge on any atom is -0.481 e. The van der Waals surface area contributed by atoms with Crippen LogP contribution < -0.4 is 0 Å². The van der Waals surface area contributed by atoms with E-state index in [1.165, 1.54) is 0 Å². The SMILES string of the molecule is Cc1nnnn1-c1ccc(CC(C)C(=O)O)cc1. The molecular weight excluding hydrogens is 232 g/mol. The normalized spacial score (nSPS) is 12.3. The van der Waals surface area contributed by atoms with Gasteiger partial charge in [0.05, 0.1) is 11.6 Å². The Kier molecular flexibility index (Phi) is 3.36. The molecule has 2 rings (SSSR count). The third kappa shape index (κ3) is 2.53. The predicted octanol–water partition coefficient (Wildman–Crippen LogP) is 1.23. The third-order valence-electron chi connectivity index (χ3n) is 2.77. The van der Waals surface area contributed by atoms with Crippen LogP contribution >= 0.6 is 0 Å². The summed E-state index contributed by atoms with van der Waals surface area (Å²) in [6.45, 7) is 3.52. The summed E-state index contributed by atoms with van der Waals surface area (Å²) in [6.07, 6.45) is 0.518. The van der Waals surface area contributed by atoms with Crippen LogP contribution in [0.1, 0.15) is 18.3 Å². The van der Waals surface area contributed by atoms with Crippen molar-refractivity contribution < 1.29 is 9.90 Å². The molecule has 2 aromatic rings. The van der Waals surface area contributed by atoms with Crippen molar-refractivity contribution in [3.05, 3.63) is 35.7 Å². The van der Waals surface area contributed by atoms with Gasteiger partial charge in [0.15, 0.2) is 5.82 Å². The number of carboxylic acid groups (broad SMARTS) is 1. The first-order chi connectivity index (χ1) is 8.58. The second-order valence-corrected chi connectivity index (χ2v) is 4.25. The van der Waals surface area contributed by atoms with Gasteiger partial charge in [-0.3, -0.25) is 4.79 Å². The molecule has 1 aromatic heterocycles. The first-order valence-corrected chi connectivity index (χ1v) is 5.65. The zero-order valence-electron chi connectivity index (χ0n) is 10.2. The van der Waals surface area contributed by atoms with Crippen molar-refractivity contribution in [2.24, 2.45) is 5.92 Å². The molecule has 0 spiro atoms. The molecule has 0 radical (unpaired) electrons. The Labute approximate surface area is 104 Å². The van der Waals surface area contributed by atoms with Gasteiger partial charge in [-0.1, -0.05) is 19.1 Å².